The van der Waals surface area contributed by atoms with Gasteiger partial charge in [0.1, 0.15) is 0 Å². The average molecular weight is 342 g/mol. The summed E-state index contributed by atoms with van der Waals surface area (Å²) in [6.07, 6.45) is 0. The van der Waals surface area contributed by atoms with Crippen molar-refractivity contribution in [2.24, 2.45) is 0 Å². The van der Waals surface area contributed by atoms with Crippen LogP contribution in [0.15, 0.2) is 34.8 Å². The molecule has 4 heteroatoms. The van der Waals surface area contributed by atoms with Crippen LogP contribution < -0.4 is 0 Å². The van der Waals surface area contributed by atoms with Gasteiger partial charge in [0.15, 0.2) is 11.6 Å². The van der Waals surface area contributed by atoms with Crippen molar-refractivity contribution in [2.45, 2.75) is 13.8 Å². The topological polar surface area (TPSA) is 17.1 Å². The molecular weight excluding hydrogens is 331 g/mol. The van der Waals surface area contributed by atoms with Crippen molar-refractivity contribution < 1.29 is 9.18 Å². The fourth-order valence-electron chi connectivity index (χ4n) is 1.91. The fourth-order valence-corrected chi connectivity index (χ4v) is 2.39. The zero-order valence-electron chi connectivity index (χ0n) is 10.4. The molecule has 98 valence electrons. The van der Waals surface area contributed by atoms with Gasteiger partial charge in [-0.05, 0) is 47.5 Å². The van der Waals surface area contributed by atoms with Crippen LogP contribution in [-0.4, -0.2) is 5.78 Å². The number of carbonyl (C=O) groups excluding carboxylic acids is 1. The second-order valence-electron chi connectivity index (χ2n) is 4.37. The van der Waals surface area contributed by atoms with Crippen LogP contribution in [0.25, 0.3) is 0 Å². The van der Waals surface area contributed by atoms with E-state index in [2.05, 4.69) is 15.9 Å². The Morgan fingerprint density at radius 3 is 2.42 bits per heavy atom. The molecule has 0 aliphatic heterocycles. The van der Waals surface area contributed by atoms with Crippen LogP contribution in [0.1, 0.15) is 27.0 Å². The molecule has 19 heavy (non-hydrogen) atoms. The van der Waals surface area contributed by atoms with E-state index in [0.29, 0.717) is 10.0 Å². The summed E-state index contributed by atoms with van der Waals surface area (Å²) in [6, 6.07) is 8.45. The predicted octanol–water partition coefficient (Wildman–Crippen LogP) is 5.09. The molecule has 0 heterocycles. The summed E-state index contributed by atoms with van der Waals surface area (Å²) in [5, 5.41) is -0.0735. The number of rotatable bonds is 2. The van der Waals surface area contributed by atoms with E-state index in [4.69, 9.17) is 11.6 Å². The quantitative estimate of drug-likeness (QED) is 0.549. The van der Waals surface area contributed by atoms with Crippen molar-refractivity contribution in [1.82, 2.24) is 0 Å². The molecule has 0 spiro atoms. The first-order valence-corrected chi connectivity index (χ1v) is 6.84. The Bertz CT molecular complexity index is 667. The third kappa shape index (κ3) is 2.72. The lowest BCUT2D eigenvalue weighted by atomic mass is 9.97. The van der Waals surface area contributed by atoms with Gasteiger partial charge in [-0.3, -0.25) is 4.79 Å². The van der Waals surface area contributed by atoms with Crippen LogP contribution in [0.2, 0.25) is 5.02 Å². The number of halogens is 3. The third-order valence-electron chi connectivity index (χ3n) is 2.91. The Hall–Kier alpha value is -1.19. The number of benzene rings is 2. The van der Waals surface area contributed by atoms with E-state index in [-0.39, 0.29) is 16.4 Å². The summed E-state index contributed by atoms with van der Waals surface area (Å²) in [5.74, 6) is -1.05. The number of hydrogen-bond acceptors (Lipinski definition) is 1. The van der Waals surface area contributed by atoms with Crippen molar-refractivity contribution in [1.29, 1.82) is 0 Å². The molecule has 1 nitrogen and oxygen atoms in total. The molecule has 0 amide bonds. The van der Waals surface area contributed by atoms with E-state index in [1.165, 1.54) is 6.07 Å². The van der Waals surface area contributed by atoms with E-state index in [1.54, 1.807) is 12.1 Å². The lowest BCUT2D eigenvalue weighted by molar-refractivity contribution is 0.103. The van der Waals surface area contributed by atoms with Gasteiger partial charge in [-0.15, -0.1) is 0 Å². The molecule has 0 atom stereocenters. The fraction of sp³-hybridized carbons (Fsp3) is 0.133. The van der Waals surface area contributed by atoms with Crippen LogP contribution in [-0.2, 0) is 0 Å². The summed E-state index contributed by atoms with van der Waals surface area (Å²) < 4.78 is 14.5. The van der Waals surface area contributed by atoms with Crippen LogP contribution in [0, 0.1) is 19.7 Å². The summed E-state index contributed by atoms with van der Waals surface area (Å²) in [5.41, 5.74) is 2.36. The minimum absolute atomic E-state index is 0.0137. The molecule has 0 aromatic heterocycles. The standard InChI is InChI=1S/C15H11BrClFO/c1-8-3-4-10(9(2)7-8)15(19)11-5-6-12(16)13(17)14(11)18/h3-7H,1-2H3. The highest BCUT2D eigenvalue weighted by atomic mass is 79.9. The van der Waals surface area contributed by atoms with Crippen LogP contribution in [0.5, 0.6) is 0 Å². The van der Waals surface area contributed by atoms with Crippen LogP contribution >= 0.6 is 27.5 Å². The predicted molar refractivity (Wildman–Crippen MR) is 78.5 cm³/mol. The van der Waals surface area contributed by atoms with Gasteiger partial charge in [-0.25, -0.2) is 4.39 Å². The van der Waals surface area contributed by atoms with Gasteiger partial charge in [-0.1, -0.05) is 35.4 Å². The van der Waals surface area contributed by atoms with Gasteiger partial charge >= 0.3 is 0 Å². The van der Waals surface area contributed by atoms with E-state index in [9.17, 15) is 9.18 Å². The highest BCUT2D eigenvalue weighted by molar-refractivity contribution is 9.10. The highest BCUT2D eigenvalue weighted by Crippen LogP contribution is 2.29. The maximum absolute atomic E-state index is 14.0. The average Bonchev–Trinajstić information content (AvgIpc) is 2.35. The molecular formula is C15H11BrClFO. The Balaban J connectivity index is 2.53. The van der Waals surface area contributed by atoms with Crippen molar-refractivity contribution >= 4 is 33.3 Å². The molecule has 2 rings (SSSR count). The van der Waals surface area contributed by atoms with Crippen molar-refractivity contribution in [3.8, 4) is 0 Å². The highest BCUT2D eigenvalue weighted by Gasteiger charge is 2.19. The van der Waals surface area contributed by atoms with Crippen molar-refractivity contribution in [2.75, 3.05) is 0 Å². The van der Waals surface area contributed by atoms with Gasteiger partial charge < -0.3 is 0 Å². The molecule has 2 aromatic rings. The SMILES string of the molecule is Cc1ccc(C(=O)c2ccc(Br)c(Cl)c2F)c(C)c1. The Labute approximate surface area is 124 Å². The zero-order chi connectivity index (χ0) is 14.2. The second-order valence-corrected chi connectivity index (χ2v) is 5.60. The van der Waals surface area contributed by atoms with Gasteiger partial charge in [-0.2, -0.15) is 0 Å². The smallest absolute Gasteiger partial charge is 0.196 e. The molecule has 0 bridgehead atoms. The molecule has 0 saturated carbocycles. The normalized spacial score (nSPS) is 10.6. The van der Waals surface area contributed by atoms with Crippen molar-refractivity contribution in [3.63, 3.8) is 0 Å². The summed E-state index contributed by atoms with van der Waals surface area (Å²) >= 11 is 8.93. The molecule has 0 saturated heterocycles. The minimum atomic E-state index is -0.694. The van der Waals surface area contributed by atoms with Crippen molar-refractivity contribution in [3.05, 3.63) is 67.9 Å². The molecule has 0 aliphatic rings. The molecule has 0 aliphatic carbocycles. The monoisotopic (exact) mass is 340 g/mol. The second kappa shape index (κ2) is 5.43. The minimum Gasteiger partial charge on any atom is -0.288 e. The maximum atomic E-state index is 14.0. The van der Waals surface area contributed by atoms with E-state index in [1.807, 2.05) is 26.0 Å². The number of carbonyl (C=O) groups is 1. The van der Waals surface area contributed by atoms with Crippen LogP contribution in [0.3, 0.4) is 0 Å². The first kappa shape index (κ1) is 14.2. The number of aryl methyl sites for hydroxylation is 2. The molecule has 0 N–H and O–H groups in total. The summed E-state index contributed by atoms with van der Waals surface area (Å²) in [6.45, 7) is 3.77. The van der Waals surface area contributed by atoms with E-state index < -0.39 is 5.82 Å². The van der Waals surface area contributed by atoms with Gasteiger partial charge in [0.05, 0.1) is 10.6 Å². The first-order valence-electron chi connectivity index (χ1n) is 5.67. The van der Waals surface area contributed by atoms with Gasteiger partial charge in [0.25, 0.3) is 0 Å². The van der Waals surface area contributed by atoms with Gasteiger partial charge in [0, 0.05) is 10.0 Å². The molecule has 0 fully saturated rings. The van der Waals surface area contributed by atoms with Gasteiger partial charge in [0.2, 0.25) is 0 Å². The molecule has 2 aromatic carbocycles. The number of ketones is 1. The zero-order valence-corrected chi connectivity index (χ0v) is 12.8. The van der Waals surface area contributed by atoms with E-state index in [0.717, 1.165) is 11.1 Å². The van der Waals surface area contributed by atoms with Crippen LogP contribution in [0.4, 0.5) is 4.39 Å². The number of hydrogen-bond donors (Lipinski definition) is 0. The Morgan fingerprint density at radius 1 is 1.16 bits per heavy atom. The molecule has 0 radical (unpaired) electrons. The Kier molecular flexibility index (Phi) is 4.07. The maximum Gasteiger partial charge on any atom is 0.196 e. The largest absolute Gasteiger partial charge is 0.288 e. The summed E-state index contributed by atoms with van der Waals surface area (Å²) in [7, 11) is 0. The summed E-state index contributed by atoms with van der Waals surface area (Å²) in [4.78, 5) is 12.3. The lowest BCUT2D eigenvalue weighted by Gasteiger charge is -2.08. The lowest BCUT2D eigenvalue weighted by Crippen LogP contribution is -2.07. The van der Waals surface area contributed by atoms with E-state index >= 15 is 0 Å². The molecule has 0 unspecified atom stereocenters. The Morgan fingerprint density at radius 2 is 1.79 bits per heavy atom. The third-order valence-corrected chi connectivity index (χ3v) is 4.16. The first-order chi connectivity index (χ1) is 8.91.